The number of H-pyrrole nitrogens is 1. The summed E-state index contributed by atoms with van der Waals surface area (Å²) in [4.78, 5) is 29.8. The van der Waals surface area contributed by atoms with Crippen LogP contribution in [0.3, 0.4) is 0 Å². The molecule has 4 N–H and O–H groups in total. The Balaban J connectivity index is 1.89. The van der Waals surface area contributed by atoms with Crippen molar-refractivity contribution < 1.29 is 4.79 Å². The average Bonchev–Trinajstić information content (AvgIpc) is 2.52. The number of aromatic amines is 1. The van der Waals surface area contributed by atoms with Gasteiger partial charge in [0.05, 0.1) is 11.8 Å². The molecule has 1 aromatic heterocycles. The van der Waals surface area contributed by atoms with Gasteiger partial charge in [-0.1, -0.05) is 43.0 Å². The highest BCUT2D eigenvalue weighted by Gasteiger charge is 2.11. The van der Waals surface area contributed by atoms with Crippen molar-refractivity contribution >= 4 is 23.5 Å². The van der Waals surface area contributed by atoms with Gasteiger partial charge in [-0.2, -0.15) is 0 Å². The average molecular weight is 332 g/mol. The van der Waals surface area contributed by atoms with Crippen LogP contribution >= 0.6 is 11.8 Å². The van der Waals surface area contributed by atoms with Crippen molar-refractivity contribution in [2.45, 2.75) is 31.5 Å². The van der Waals surface area contributed by atoms with Crippen LogP contribution in [0.15, 0.2) is 40.3 Å². The zero-order valence-electron chi connectivity index (χ0n) is 13.1. The molecule has 2 rings (SSSR count). The lowest BCUT2D eigenvalue weighted by molar-refractivity contribution is -0.119. The van der Waals surface area contributed by atoms with E-state index in [4.69, 9.17) is 5.73 Å². The number of nitrogens with two attached hydrogens (primary N) is 1. The number of amides is 1. The van der Waals surface area contributed by atoms with E-state index < -0.39 is 0 Å². The fourth-order valence-corrected chi connectivity index (χ4v) is 2.76. The summed E-state index contributed by atoms with van der Waals surface area (Å²) in [5.41, 5.74) is 7.49. The molecule has 1 amide bonds. The van der Waals surface area contributed by atoms with Gasteiger partial charge in [0.25, 0.3) is 5.56 Å². The van der Waals surface area contributed by atoms with E-state index in [1.807, 2.05) is 19.1 Å². The molecule has 1 heterocycles. The third kappa shape index (κ3) is 5.14. The Morgan fingerprint density at radius 2 is 2.09 bits per heavy atom. The first-order valence-corrected chi connectivity index (χ1v) is 8.34. The summed E-state index contributed by atoms with van der Waals surface area (Å²) >= 11 is 1.14. The number of carbonyl (C=O) groups is 1. The normalized spacial score (nSPS) is 11.9. The number of nitrogens with zero attached hydrogens (tertiary/aromatic N) is 1. The Bertz CT molecular complexity index is 728. The second-order valence-electron chi connectivity index (χ2n) is 5.15. The Morgan fingerprint density at radius 1 is 1.39 bits per heavy atom. The number of thioether (sulfide) groups is 1. The minimum Gasteiger partial charge on any atom is -0.383 e. The lowest BCUT2D eigenvalue weighted by Gasteiger charge is -2.14. The molecule has 0 saturated heterocycles. The van der Waals surface area contributed by atoms with Crippen LogP contribution in [0.1, 0.15) is 31.0 Å². The Kier molecular flexibility index (Phi) is 5.81. The van der Waals surface area contributed by atoms with Gasteiger partial charge in [0.1, 0.15) is 5.82 Å². The smallest absolute Gasteiger partial charge is 0.253 e. The number of rotatable bonds is 6. The standard InChI is InChI=1S/C16H20N4O2S/c1-3-11-4-6-12(7-5-11)10(2)18-15(22)9-23-16-19-13(17)8-14(21)20-16/h4-8,10H,3,9H2,1-2H3,(H,18,22)(H3,17,19,20,21)/t10-/m0/s1. The summed E-state index contributed by atoms with van der Waals surface area (Å²) in [5.74, 6) is 0.164. The maximum absolute atomic E-state index is 12.0. The first-order valence-electron chi connectivity index (χ1n) is 7.35. The van der Waals surface area contributed by atoms with E-state index in [2.05, 4.69) is 34.3 Å². The summed E-state index contributed by atoms with van der Waals surface area (Å²) in [6.45, 7) is 4.04. The summed E-state index contributed by atoms with van der Waals surface area (Å²) in [6, 6.07) is 9.29. The van der Waals surface area contributed by atoms with E-state index in [1.165, 1.54) is 11.6 Å². The molecule has 122 valence electrons. The van der Waals surface area contributed by atoms with E-state index in [0.29, 0.717) is 5.16 Å². The fraction of sp³-hybridized carbons (Fsp3) is 0.312. The van der Waals surface area contributed by atoms with Gasteiger partial charge in [-0.05, 0) is 24.5 Å². The molecule has 0 aliphatic carbocycles. The van der Waals surface area contributed by atoms with Crippen molar-refractivity contribution in [3.05, 3.63) is 51.8 Å². The van der Waals surface area contributed by atoms with Gasteiger partial charge < -0.3 is 16.0 Å². The quantitative estimate of drug-likeness (QED) is 0.554. The van der Waals surface area contributed by atoms with Crippen molar-refractivity contribution in [3.8, 4) is 0 Å². The van der Waals surface area contributed by atoms with Gasteiger partial charge in [-0.15, -0.1) is 0 Å². The van der Waals surface area contributed by atoms with Crippen molar-refractivity contribution in [1.82, 2.24) is 15.3 Å². The molecule has 0 radical (unpaired) electrons. The highest BCUT2D eigenvalue weighted by atomic mass is 32.2. The van der Waals surface area contributed by atoms with Gasteiger partial charge in [0.2, 0.25) is 5.91 Å². The molecule has 1 aromatic carbocycles. The highest BCUT2D eigenvalue weighted by molar-refractivity contribution is 7.99. The zero-order valence-corrected chi connectivity index (χ0v) is 13.9. The largest absolute Gasteiger partial charge is 0.383 e. The monoisotopic (exact) mass is 332 g/mol. The van der Waals surface area contributed by atoms with E-state index in [0.717, 1.165) is 23.7 Å². The highest BCUT2D eigenvalue weighted by Crippen LogP contribution is 2.15. The summed E-state index contributed by atoms with van der Waals surface area (Å²) in [7, 11) is 0. The lowest BCUT2D eigenvalue weighted by atomic mass is 10.1. The number of aromatic nitrogens is 2. The number of carbonyl (C=O) groups excluding carboxylic acids is 1. The van der Waals surface area contributed by atoms with Crippen LogP contribution in [-0.2, 0) is 11.2 Å². The molecule has 0 aliphatic rings. The minimum absolute atomic E-state index is 0.0816. The Morgan fingerprint density at radius 3 is 2.70 bits per heavy atom. The minimum atomic E-state index is -0.329. The number of nitrogen functional groups attached to an aromatic ring is 1. The van der Waals surface area contributed by atoms with Crippen LogP contribution in [0.2, 0.25) is 0 Å². The van der Waals surface area contributed by atoms with Crippen LogP contribution in [-0.4, -0.2) is 21.6 Å². The second-order valence-corrected chi connectivity index (χ2v) is 6.11. The van der Waals surface area contributed by atoms with Gasteiger partial charge in [0.15, 0.2) is 5.16 Å². The van der Waals surface area contributed by atoms with Gasteiger partial charge in [0, 0.05) is 6.07 Å². The molecule has 2 aromatic rings. The SMILES string of the molecule is CCc1ccc([C@H](C)NC(=O)CSc2nc(N)cc(=O)[nH]2)cc1. The molecule has 0 spiro atoms. The number of hydrogen-bond acceptors (Lipinski definition) is 5. The first-order chi connectivity index (χ1) is 11.0. The third-order valence-corrected chi connectivity index (χ3v) is 4.22. The van der Waals surface area contributed by atoms with Crippen molar-refractivity contribution in [3.63, 3.8) is 0 Å². The van der Waals surface area contributed by atoms with E-state index in [1.54, 1.807) is 0 Å². The van der Waals surface area contributed by atoms with Gasteiger partial charge >= 0.3 is 0 Å². The molecule has 23 heavy (non-hydrogen) atoms. The number of benzene rings is 1. The molecule has 0 fully saturated rings. The molecule has 0 unspecified atom stereocenters. The number of aryl methyl sites for hydroxylation is 1. The van der Waals surface area contributed by atoms with Crippen LogP contribution in [0.5, 0.6) is 0 Å². The first kappa shape index (κ1) is 17.1. The molecule has 1 atom stereocenters. The summed E-state index contributed by atoms with van der Waals surface area (Å²) in [6.07, 6.45) is 0.989. The summed E-state index contributed by atoms with van der Waals surface area (Å²) in [5, 5.41) is 3.26. The van der Waals surface area contributed by atoms with Crippen LogP contribution in [0.4, 0.5) is 5.82 Å². The molecular formula is C16H20N4O2S. The number of nitrogens with one attached hydrogen (secondary N) is 2. The van der Waals surface area contributed by atoms with Crippen molar-refractivity contribution in [2.75, 3.05) is 11.5 Å². The summed E-state index contributed by atoms with van der Waals surface area (Å²) < 4.78 is 0. The van der Waals surface area contributed by atoms with Crippen LogP contribution < -0.4 is 16.6 Å². The molecular weight excluding hydrogens is 312 g/mol. The van der Waals surface area contributed by atoms with E-state index >= 15 is 0 Å². The number of hydrogen-bond donors (Lipinski definition) is 3. The molecule has 6 nitrogen and oxygen atoms in total. The predicted molar refractivity (Wildman–Crippen MR) is 92.4 cm³/mol. The van der Waals surface area contributed by atoms with E-state index in [9.17, 15) is 9.59 Å². The van der Waals surface area contributed by atoms with Crippen molar-refractivity contribution in [2.24, 2.45) is 0 Å². The topological polar surface area (TPSA) is 101 Å². The van der Waals surface area contributed by atoms with Gasteiger partial charge in [-0.3, -0.25) is 9.59 Å². The maximum atomic E-state index is 12.0. The molecule has 0 saturated carbocycles. The molecule has 7 heteroatoms. The van der Waals surface area contributed by atoms with Crippen LogP contribution in [0, 0.1) is 0 Å². The molecule has 0 aliphatic heterocycles. The van der Waals surface area contributed by atoms with Gasteiger partial charge in [-0.25, -0.2) is 4.98 Å². The third-order valence-electron chi connectivity index (χ3n) is 3.35. The lowest BCUT2D eigenvalue weighted by Crippen LogP contribution is -2.28. The number of anilines is 1. The maximum Gasteiger partial charge on any atom is 0.253 e. The van der Waals surface area contributed by atoms with Crippen LogP contribution in [0.25, 0.3) is 0 Å². The second kappa shape index (κ2) is 7.82. The van der Waals surface area contributed by atoms with E-state index in [-0.39, 0.29) is 29.1 Å². The fourth-order valence-electron chi connectivity index (χ4n) is 2.06. The Hall–Kier alpha value is -2.28. The molecule has 0 bridgehead atoms. The predicted octanol–water partition coefficient (Wildman–Crippen LogP) is 1.88. The van der Waals surface area contributed by atoms with Crippen molar-refractivity contribution in [1.29, 1.82) is 0 Å². The Labute approximate surface area is 138 Å². The zero-order chi connectivity index (χ0) is 16.8.